The Morgan fingerprint density at radius 3 is 1.20 bits per heavy atom. The van der Waals surface area contributed by atoms with E-state index >= 15 is 4.39 Å². The van der Waals surface area contributed by atoms with Crippen molar-refractivity contribution in [1.29, 1.82) is 0 Å². The summed E-state index contributed by atoms with van der Waals surface area (Å²) in [5.74, 6) is -48.4. The van der Waals surface area contributed by atoms with Gasteiger partial charge in [-0.05, 0) is 6.42 Å². The van der Waals surface area contributed by atoms with E-state index in [1.54, 1.807) is 0 Å². The third-order valence-electron chi connectivity index (χ3n) is 4.71. The summed E-state index contributed by atoms with van der Waals surface area (Å²) in [6, 6.07) is 0. The summed E-state index contributed by atoms with van der Waals surface area (Å²) in [6.07, 6.45) is -8.66. The van der Waals surface area contributed by atoms with Gasteiger partial charge in [-0.2, -0.15) is 70.2 Å². The van der Waals surface area contributed by atoms with Crippen molar-refractivity contribution in [1.82, 2.24) is 0 Å². The summed E-state index contributed by atoms with van der Waals surface area (Å²) >= 11 is 0. The highest BCUT2D eigenvalue weighted by molar-refractivity contribution is 7.90. The summed E-state index contributed by atoms with van der Waals surface area (Å²) in [6.45, 7) is -0.946. The molecule has 22 heteroatoms. The van der Waals surface area contributed by atoms with Crippen molar-refractivity contribution < 1.29 is 107 Å². The molecule has 0 radical (unpaired) electrons. The molecule has 0 saturated carbocycles. The molecular weight excluding hydrogens is 679 g/mol. The van der Waals surface area contributed by atoms with Gasteiger partial charge in [0.2, 0.25) is 0 Å². The summed E-state index contributed by atoms with van der Waals surface area (Å²) in [5, 5.41) is -3.61. The van der Waals surface area contributed by atoms with Gasteiger partial charge >= 0.3 is 46.8 Å². The van der Waals surface area contributed by atoms with Crippen LogP contribution in [-0.4, -0.2) is 80.4 Å². The molecule has 0 aromatic carbocycles. The van der Waals surface area contributed by atoms with E-state index in [4.69, 9.17) is 0 Å². The molecule has 0 aromatic rings. The average Bonchev–Trinajstić information content (AvgIpc) is 2.57. The molecule has 4 nitrogen and oxygen atoms in total. The summed E-state index contributed by atoms with van der Waals surface area (Å²) in [5.41, 5.74) is 0. The van der Waals surface area contributed by atoms with Crippen LogP contribution < -0.4 is 29.1 Å². The van der Waals surface area contributed by atoms with E-state index in [1.165, 1.54) is 0 Å². The molecule has 0 saturated heterocycles. The number of alkyl halides is 16. The Hall–Kier alpha value is -0.520. The Bertz CT molecular complexity index is 873. The minimum Gasteiger partial charge on any atom is -1.00 e. The first-order valence-corrected chi connectivity index (χ1v) is 9.73. The Morgan fingerprint density at radius 2 is 0.943 bits per heavy atom. The maximum absolute atomic E-state index is 15.4. The van der Waals surface area contributed by atoms with E-state index in [0.717, 1.165) is 6.92 Å². The van der Waals surface area contributed by atoms with Crippen molar-refractivity contribution in [3.05, 3.63) is 0 Å². The highest BCUT2D eigenvalue weighted by Crippen LogP contribution is 2.65. The van der Waals surface area contributed by atoms with Crippen LogP contribution in [0.3, 0.4) is 0 Å². The van der Waals surface area contributed by atoms with E-state index in [-0.39, 0.29) is 38.1 Å². The monoisotopic (exact) mass is 694 g/mol. The molecule has 1 unspecified atom stereocenters. The third kappa shape index (κ3) is 4.65. The summed E-state index contributed by atoms with van der Waals surface area (Å²) in [7, 11) is -7.99. The van der Waals surface area contributed by atoms with Gasteiger partial charge in [0.05, 0.1) is 20.6 Å². The van der Waals surface area contributed by atoms with Crippen LogP contribution in [0.1, 0.15) is 13.3 Å². The lowest BCUT2D eigenvalue weighted by Gasteiger charge is -2.52. The van der Waals surface area contributed by atoms with Crippen molar-refractivity contribution in [2.45, 2.75) is 60.2 Å². The molecule has 0 aliphatic rings. The van der Waals surface area contributed by atoms with Crippen molar-refractivity contribution >= 4 is 10.0 Å². The second-order valence-electron chi connectivity index (χ2n) is 7.46. The van der Waals surface area contributed by atoms with Crippen molar-refractivity contribution in [2.24, 2.45) is 5.14 Å². The maximum atomic E-state index is 15.4. The van der Waals surface area contributed by atoms with Crippen molar-refractivity contribution in [3.63, 3.8) is 0 Å². The largest absolute Gasteiger partial charge is 1.00 e. The van der Waals surface area contributed by atoms with Gasteiger partial charge in [0.25, 0.3) is 10.0 Å². The zero-order valence-corrected chi connectivity index (χ0v) is 20.1. The molecular formula is C13H15F16IN2O2S. The number of nitrogens with two attached hydrogens (primary N) is 1. The molecule has 0 heterocycles. The standard InChI is InChI=1S/C13H15F16N2O2S.HI/c1-4-5-31(2,3)11(24,10(22,23)13(28,29)34(30,32)33)8(18,19)6(14,15)7(16,17)9(20,21)12(25,26)27;/h4-5H2,1-3H3,(H2,30,32,33);1H/q+1;/p-1. The van der Waals surface area contributed by atoms with Crippen LogP contribution in [-0.2, 0) is 10.0 Å². The topological polar surface area (TPSA) is 60.2 Å². The van der Waals surface area contributed by atoms with Gasteiger partial charge in [-0.3, -0.25) is 4.48 Å². The Kier molecular flexibility index (Phi) is 9.78. The zero-order valence-electron chi connectivity index (χ0n) is 17.1. The van der Waals surface area contributed by atoms with Gasteiger partial charge in [0.15, 0.2) is 0 Å². The predicted octanol–water partition coefficient (Wildman–Crippen LogP) is 1.76. The lowest BCUT2D eigenvalue weighted by atomic mass is 9.85. The van der Waals surface area contributed by atoms with Crippen LogP contribution in [0.5, 0.6) is 0 Å². The first kappa shape index (κ1) is 36.6. The molecule has 0 amide bonds. The zero-order chi connectivity index (χ0) is 28.4. The van der Waals surface area contributed by atoms with E-state index in [1.807, 2.05) is 0 Å². The normalized spacial score (nSPS) is 17.6. The second kappa shape index (κ2) is 9.34. The smallest absolute Gasteiger partial charge is 0.460 e. The fourth-order valence-corrected chi connectivity index (χ4v) is 3.31. The predicted molar refractivity (Wildman–Crippen MR) is 79.9 cm³/mol. The number of nitrogens with zero attached hydrogens (tertiary/aromatic N) is 1. The molecule has 2 N–H and O–H groups in total. The fraction of sp³-hybridized carbons (Fsp3) is 1.00. The quantitative estimate of drug-likeness (QED) is 0.164. The highest BCUT2D eigenvalue weighted by atomic mass is 127. The van der Waals surface area contributed by atoms with Crippen LogP contribution in [0.4, 0.5) is 70.2 Å². The second-order valence-corrected chi connectivity index (χ2v) is 9.06. The number of halogens is 17. The van der Waals surface area contributed by atoms with Gasteiger partial charge < -0.3 is 24.0 Å². The van der Waals surface area contributed by atoms with Crippen LogP contribution in [0, 0.1) is 0 Å². The summed E-state index contributed by atoms with van der Waals surface area (Å²) in [4.78, 5) is 0. The lowest BCUT2D eigenvalue weighted by molar-refractivity contribution is -0.984. The minimum atomic E-state index is -8.51. The Labute approximate surface area is 203 Å². The first-order chi connectivity index (χ1) is 14.3. The average molecular weight is 694 g/mol. The SMILES string of the molecule is CCC[N+](C)(C)C(F)(C(F)(F)C(F)(F)C(F)(F)C(F)(F)C(F)(F)F)C(F)(F)C(F)(F)S(N)(=O)=O.[I-]. The molecule has 0 bridgehead atoms. The molecule has 0 spiro atoms. The summed E-state index contributed by atoms with van der Waals surface area (Å²) < 4.78 is 237. The number of hydrogen-bond donors (Lipinski definition) is 1. The van der Waals surface area contributed by atoms with E-state index in [2.05, 4.69) is 5.14 Å². The molecule has 0 fully saturated rings. The third-order valence-corrected chi connectivity index (χ3v) is 5.68. The molecule has 35 heavy (non-hydrogen) atoms. The number of hydrogen-bond acceptors (Lipinski definition) is 2. The van der Waals surface area contributed by atoms with Gasteiger partial charge in [-0.25, -0.2) is 13.6 Å². The number of sulfonamides is 1. The van der Waals surface area contributed by atoms with Gasteiger partial charge in [-0.15, -0.1) is 0 Å². The van der Waals surface area contributed by atoms with Crippen LogP contribution in [0.2, 0.25) is 0 Å². The molecule has 1 atom stereocenters. The molecule has 0 aromatic heterocycles. The van der Waals surface area contributed by atoms with Crippen molar-refractivity contribution in [3.8, 4) is 0 Å². The van der Waals surface area contributed by atoms with Crippen LogP contribution in [0.15, 0.2) is 0 Å². The molecule has 0 aliphatic carbocycles. The lowest BCUT2D eigenvalue weighted by Crippen LogP contribution is -3.00. The van der Waals surface area contributed by atoms with Gasteiger partial charge in [0, 0.05) is 0 Å². The van der Waals surface area contributed by atoms with Gasteiger partial charge in [-0.1, -0.05) is 6.92 Å². The minimum absolute atomic E-state index is 0. The Morgan fingerprint density at radius 1 is 0.629 bits per heavy atom. The molecule has 0 aliphatic heterocycles. The number of quaternary nitrogens is 1. The Balaban J connectivity index is 0. The van der Waals surface area contributed by atoms with Crippen LogP contribution in [0.25, 0.3) is 0 Å². The first-order valence-electron chi connectivity index (χ1n) is 8.19. The molecule has 0 rings (SSSR count). The highest BCUT2D eigenvalue weighted by Gasteiger charge is 2.99. The van der Waals surface area contributed by atoms with Crippen molar-refractivity contribution in [2.75, 3.05) is 20.6 Å². The number of rotatable bonds is 10. The maximum Gasteiger partial charge on any atom is 0.460 e. The van der Waals surface area contributed by atoms with Crippen LogP contribution >= 0.6 is 0 Å². The molecule has 214 valence electrons. The fourth-order valence-electron chi connectivity index (χ4n) is 2.82. The van der Waals surface area contributed by atoms with E-state index in [0.29, 0.717) is 0 Å². The van der Waals surface area contributed by atoms with E-state index < -0.39 is 74.3 Å². The number of primary sulfonamides is 1. The van der Waals surface area contributed by atoms with E-state index in [9.17, 15) is 74.3 Å². The van der Waals surface area contributed by atoms with Gasteiger partial charge in [0.1, 0.15) is 0 Å².